The van der Waals surface area contributed by atoms with E-state index in [1.54, 1.807) is 11.6 Å². The fraction of sp³-hybridized carbons (Fsp3) is 0.667. The number of aryl methyl sites for hydroxylation is 1. The minimum absolute atomic E-state index is 0.0421. The first kappa shape index (κ1) is 12.0. The Bertz CT molecular complexity index is 362. The molecule has 0 saturated carbocycles. The maximum absolute atomic E-state index is 10.8. The molecule has 0 amide bonds. The fourth-order valence-electron chi connectivity index (χ4n) is 1.73. The van der Waals surface area contributed by atoms with E-state index in [1.807, 2.05) is 13.8 Å². The van der Waals surface area contributed by atoms with Crippen molar-refractivity contribution in [1.29, 1.82) is 0 Å². The minimum atomic E-state index is -0.461. The van der Waals surface area contributed by atoms with E-state index >= 15 is 0 Å². The van der Waals surface area contributed by atoms with Gasteiger partial charge in [0, 0.05) is 18.3 Å². The molecule has 1 aromatic heterocycles. The van der Waals surface area contributed by atoms with E-state index in [4.69, 9.17) is 11.6 Å². The second-order valence-electron chi connectivity index (χ2n) is 3.51. The third-order valence-electron chi connectivity index (χ3n) is 2.48. The molecule has 0 N–H and O–H groups in total. The standard InChI is InChI=1S/C9H14ClN3O2/c1-4-7(6(2)10)8-9(13(14)15)11-5-12(8)3/h5-7H,4H2,1-3H3. The lowest BCUT2D eigenvalue weighted by Crippen LogP contribution is -2.13. The monoisotopic (exact) mass is 231 g/mol. The quantitative estimate of drug-likeness (QED) is 0.454. The number of rotatable bonds is 4. The van der Waals surface area contributed by atoms with E-state index in [2.05, 4.69) is 4.98 Å². The van der Waals surface area contributed by atoms with E-state index in [1.165, 1.54) is 6.33 Å². The van der Waals surface area contributed by atoms with Gasteiger partial charge in [0.15, 0.2) is 0 Å². The summed E-state index contributed by atoms with van der Waals surface area (Å²) in [5, 5.41) is 10.6. The Hall–Kier alpha value is -1.10. The molecular formula is C9H14ClN3O2. The van der Waals surface area contributed by atoms with Crippen LogP contribution in [0.5, 0.6) is 0 Å². The number of alkyl halides is 1. The highest BCUT2D eigenvalue weighted by Crippen LogP contribution is 2.32. The van der Waals surface area contributed by atoms with Crippen molar-refractivity contribution in [1.82, 2.24) is 9.55 Å². The lowest BCUT2D eigenvalue weighted by Gasteiger charge is -2.16. The molecule has 0 aliphatic heterocycles. The molecule has 0 aliphatic rings. The Balaban J connectivity index is 3.20. The molecule has 2 atom stereocenters. The van der Waals surface area contributed by atoms with Crippen LogP contribution in [0.1, 0.15) is 31.9 Å². The highest BCUT2D eigenvalue weighted by atomic mass is 35.5. The first-order valence-corrected chi connectivity index (χ1v) is 5.22. The molecular weight excluding hydrogens is 218 g/mol. The van der Waals surface area contributed by atoms with E-state index in [-0.39, 0.29) is 17.1 Å². The van der Waals surface area contributed by atoms with Crippen LogP contribution in [0.25, 0.3) is 0 Å². The van der Waals surface area contributed by atoms with Crippen molar-refractivity contribution < 1.29 is 4.92 Å². The molecule has 1 heterocycles. The molecule has 15 heavy (non-hydrogen) atoms. The molecule has 0 aromatic carbocycles. The van der Waals surface area contributed by atoms with E-state index in [0.29, 0.717) is 5.69 Å². The van der Waals surface area contributed by atoms with Crippen LogP contribution in [0.4, 0.5) is 5.82 Å². The molecule has 84 valence electrons. The lowest BCUT2D eigenvalue weighted by molar-refractivity contribution is -0.390. The number of nitro groups is 1. The predicted molar refractivity (Wildman–Crippen MR) is 58.2 cm³/mol. The SMILES string of the molecule is CCC(c1c([N+](=O)[O-])ncn1C)C(C)Cl. The van der Waals surface area contributed by atoms with Crippen molar-refractivity contribution in [3.8, 4) is 0 Å². The summed E-state index contributed by atoms with van der Waals surface area (Å²) in [4.78, 5) is 14.1. The van der Waals surface area contributed by atoms with Gasteiger partial charge in [-0.2, -0.15) is 0 Å². The zero-order valence-electron chi connectivity index (χ0n) is 8.98. The minimum Gasteiger partial charge on any atom is -0.358 e. The summed E-state index contributed by atoms with van der Waals surface area (Å²) in [5.74, 6) is -0.128. The number of halogens is 1. The van der Waals surface area contributed by atoms with Crippen LogP contribution in [0.3, 0.4) is 0 Å². The molecule has 5 nitrogen and oxygen atoms in total. The number of hydrogen-bond acceptors (Lipinski definition) is 3. The van der Waals surface area contributed by atoms with Gasteiger partial charge in [0.2, 0.25) is 6.33 Å². The van der Waals surface area contributed by atoms with Gasteiger partial charge in [0.05, 0.1) is 0 Å². The molecule has 0 bridgehead atoms. The molecule has 0 saturated heterocycles. The lowest BCUT2D eigenvalue weighted by atomic mass is 9.98. The van der Waals surface area contributed by atoms with Crippen molar-refractivity contribution >= 4 is 17.4 Å². The second kappa shape index (κ2) is 4.61. The largest absolute Gasteiger partial charge is 0.385 e. The van der Waals surface area contributed by atoms with Gasteiger partial charge in [0.1, 0.15) is 5.69 Å². The van der Waals surface area contributed by atoms with Gasteiger partial charge in [-0.3, -0.25) is 0 Å². The average molecular weight is 232 g/mol. The van der Waals surface area contributed by atoms with Crippen LogP contribution in [-0.4, -0.2) is 19.9 Å². The van der Waals surface area contributed by atoms with Gasteiger partial charge in [-0.15, -0.1) is 11.6 Å². The fourth-order valence-corrected chi connectivity index (χ4v) is 2.03. The molecule has 0 aliphatic carbocycles. The van der Waals surface area contributed by atoms with Gasteiger partial charge < -0.3 is 14.7 Å². The van der Waals surface area contributed by atoms with Crippen LogP contribution < -0.4 is 0 Å². The Labute approximate surface area is 93.2 Å². The van der Waals surface area contributed by atoms with Crippen LogP contribution >= 0.6 is 11.6 Å². The van der Waals surface area contributed by atoms with Crippen molar-refractivity contribution in [2.75, 3.05) is 0 Å². The maximum Gasteiger partial charge on any atom is 0.385 e. The van der Waals surface area contributed by atoms with Gasteiger partial charge in [-0.1, -0.05) is 6.92 Å². The highest BCUT2D eigenvalue weighted by Gasteiger charge is 2.29. The topological polar surface area (TPSA) is 61.0 Å². The Morgan fingerprint density at radius 3 is 2.73 bits per heavy atom. The maximum atomic E-state index is 10.8. The number of nitrogens with zero attached hydrogens (tertiary/aromatic N) is 3. The van der Waals surface area contributed by atoms with Crippen molar-refractivity contribution in [3.05, 3.63) is 22.1 Å². The van der Waals surface area contributed by atoms with Crippen LogP contribution in [0.15, 0.2) is 6.33 Å². The first-order chi connectivity index (χ1) is 6.99. The molecule has 2 unspecified atom stereocenters. The van der Waals surface area contributed by atoms with E-state index in [9.17, 15) is 10.1 Å². The van der Waals surface area contributed by atoms with Gasteiger partial charge in [-0.05, 0) is 23.3 Å². The van der Waals surface area contributed by atoms with Gasteiger partial charge >= 0.3 is 5.82 Å². The first-order valence-electron chi connectivity index (χ1n) is 4.78. The Morgan fingerprint density at radius 2 is 2.33 bits per heavy atom. The number of aromatic nitrogens is 2. The summed E-state index contributed by atoms with van der Waals surface area (Å²) >= 11 is 6.02. The van der Waals surface area contributed by atoms with E-state index in [0.717, 1.165) is 6.42 Å². The van der Waals surface area contributed by atoms with E-state index < -0.39 is 4.92 Å². The zero-order valence-corrected chi connectivity index (χ0v) is 9.73. The predicted octanol–water partition coefficient (Wildman–Crippen LogP) is 2.45. The third-order valence-corrected chi connectivity index (χ3v) is 2.78. The Morgan fingerprint density at radius 1 is 1.73 bits per heavy atom. The summed E-state index contributed by atoms with van der Waals surface area (Å²) in [5.41, 5.74) is 0.602. The normalized spacial score (nSPS) is 14.9. The molecule has 6 heteroatoms. The molecule has 1 aromatic rings. The Kier molecular flexibility index (Phi) is 3.68. The molecule has 0 fully saturated rings. The smallest absolute Gasteiger partial charge is 0.358 e. The van der Waals surface area contributed by atoms with Gasteiger partial charge in [0.25, 0.3) is 0 Å². The summed E-state index contributed by atoms with van der Waals surface area (Å²) in [6, 6.07) is 0. The highest BCUT2D eigenvalue weighted by molar-refractivity contribution is 6.20. The van der Waals surface area contributed by atoms with Crippen LogP contribution in [0, 0.1) is 10.1 Å². The van der Waals surface area contributed by atoms with Crippen molar-refractivity contribution in [2.45, 2.75) is 31.6 Å². The van der Waals surface area contributed by atoms with Crippen molar-refractivity contribution in [3.63, 3.8) is 0 Å². The summed E-state index contributed by atoms with van der Waals surface area (Å²) in [7, 11) is 1.75. The summed E-state index contributed by atoms with van der Waals surface area (Å²) in [6.07, 6.45) is 2.21. The van der Waals surface area contributed by atoms with Gasteiger partial charge in [-0.25, -0.2) is 0 Å². The van der Waals surface area contributed by atoms with Crippen LogP contribution in [0.2, 0.25) is 0 Å². The molecule has 0 radical (unpaired) electrons. The molecule has 0 spiro atoms. The zero-order chi connectivity index (χ0) is 11.6. The van der Waals surface area contributed by atoms with Crippen molar-refractivity contribution in [2.24, 2.45) is 7.05 Å². The average Bonchev–Trinajstić information content (AvgIpc) is 2.49. The molecule has 1 rings (SSSR count). The number of hydrogen-bond donors (Lipinski definition) is 0. The summed E-state index contributed by atoms with van der Waals surface area (Å²) < 4.78 is 1.67. The third kappa shape index (κ3) is 2.28. The second-order valence-corrected chi connectivity index (χ2v) is 4.20. The summed E-state index contributed by atoms with van der Waals surface area (Å²) in [6.45, 7) is 3.80. The number of imidazole rings is 1. The van der Waals surface area contributed by atoms with Crippen LogP contribution in [-0.2, 0) is 7.05 Å².